The van der Waals surface area contributed by atoms with E-state index in [1.807, 2.05) is 0 Å². The fraction of sp³-hybridized carbons (Fsp3) is 1.00. The lowest BCUT2D eigenvalue weighted by Crippen LogP contribution is -2.21. The zero-order valence-corrected chi connectivity index (χ0v) is 14.2. The average Bonchev–Trinajstić information content (AvgIpc) is 2.48. The van der Waals surface area contributed by atoms with E-state index < -0.39 is 6.10 Å². The van der Waals surface area contributed by atoms with Crippen molar-refractivity contribution < 1.29 is 5.11 Å². The van der Waals surface area contributed by atoms with Crippen molar-refractivity contribution in [3.8, 4) is 0 Å². The highest BCUT2D eigenvalue weighted by atomic mass is 16.5. The average molecular weight is 301 g/mol. The maximum atomic E-state index is 10.1. The van der Waals surface area contributed by atoms with E-state index in [1.54, 1.807) is 5.48 Å². The molecule has 0 radical (unpaired) electrons. The predicted octanol–water partition coefficient (Wildman–Crippen LogP) is 5.31. The Morgan fingerprint density at radius 2 is 1.10 bits per heavy atom. The van der Waals surface area contributed by atoms with Gasteiger partial charge in [-0.3, -0.25) is 0 Å². The van der Waals surface area contributed by atoms with Gasteiger partial charge in [-0.1, -0.05) is 96.8 Å². The molecule has 0 heterocycles. The molecule has 0 saturated heterocycles. The molecule has 21 heavy (non-hydrogen) atoms. The molecule has 0 spiro atoms. The van der Waals surface area contributed by atoms with Crippen LogP contribution >= 0.6 is 0 Å². The lowest BCUT2D eigenvalue weighted by Gasteiger charge is -2.13. The molecule has 0 aliphatic rings. The van der Waals surface area contributed by atoms with Crippen LogP contribution in [0.1, 0.15) is 103 Å². The molecule has 0 aromatic carbocycles. The van der Waals surface area contributed by atoms with Crippen molar-refractivity contribution in [1.82, 2.24) is 5.48 Å². The van der Waals surface area contributed by atoms with E-state index in [2.05, 4.69) is 6.92 Å². The van der Waals surface area contributed by atoms with Crippen LogP contribution in [0.25, 0.3) is 0 Å². The zero-order chi connectivity index (χ0) is 15.6. The summed E-state index contributed by atoms with van der Waals surface area (Å²) in [5, 5.41) is 19.5. The van der Waals surface area contributed by atoms with Crippen LogP contribution < -0.4 is 5.48 Å². The summed E-state index contributed by atoms with van der Waals surface area (Å²) >= 11 is 0. The Hall–Kier alpha value is -0.120. The summed E-state index contributed by atoms with van der Waals surface area (Å²) in [5.41, 5.74) is 1.77. The predicted molar refractivity (Wildman–Crippen MR) is 92.3 cm³/mol. The molecule has 0 aliphatic heterocycles. The van der Waals surface area contributed by atoms with Crippen molar-refractivity contribution >= 4 is 0 Å². The molecule has 1 unspecified atom stereocenters. The Balaban J connectivity index is 2.99. The minimum absolute atomic E-state index is 0.179. The monoisotopic (exact) mass is 300 g/mol. The zero-order valence-electron chi connectivity index (χ0n) is 14.2. The van der Waals surface area contributed by atoms with Gasteiger partial charge in [0.25, 0.3) is 0 Å². The highest BCUT2D eigenvalue weighted by Gasteiger charge is 2.00. The summed E-state index contributed by atoms with van der Waals surface area (Å²) < 4.78 is 0. The maximum Gasteiger partial charge on any atom is 0.0655 e. The third-order valence-corrected chi connectivity index (χ3v) is 4.21. The minimum atomic E-state index is -0.458. The molecule has 1 atom stereocenters. The summed E-state index contributed by atoms with van der Waals surface area (Å²) in [4.78, 5) is 0. The largest absolute Gasteiger partial charge is 0.788 e. The molecule has 0 aromatic rings. The molecule has 0 saturated carbocycles. The summed E-state index contributed by atoms with van der Waals surface area (Å²) in [6, 6.07) is 0. The first-order valence-corrected chi connectivity index (χ1v) is 9.34. The van der Waals surface area contributed by atoms with Crippen LogP contribution in [-0.4, -0.2) is 17.8 Å². The standard InChI is InChI=1S/C18H38NO2/c1-2-3-4-5-6-7-8-9-10-11-12-13-14-15-16-18(20)17-19-21/h18-20H,2-17H2,1H3/q-1. The van der Waals surface area contributed by atoms with Crippen LogP contribution in [0.15, 0.2) is 0 Å². The van der Waals surface area contributed by atoms with Gasteiger partial charge >= 0.3 is 0 Å². The second kappa shape index (κ2) is 17.9. The number of aliphatic hydroxyl groups excluding tert-OH is 1. The normalized spacial score (nSPS) is 12.7. The second-order valence-corrected chi connectivity index (χ2v) is 6.39. The van der Waals surface area contributed by atoms with E-state index in [0.717, 1.165) is 12.8 Å². The van der Waals surface area contributed by atoms with E-state index in [1.165, 1.54) is 83.5 Å². The molecule has 3 nitrogen and oxygen atoms in total. The third-order valence-electron chi connectivity index (χ3n) is 4.21. The molecular formula is C18H38NO2-. The molecule has 0 fully saturated rings. The van der Waals surface area contributed by atoms with Gasteiger partial charge in [0.2, 0.25) is 0 Å². The number of aliphatic hydroxyl groups is 1. The van der Waals surface area contributed by atoms with Gasteiger partial charge in [-0.2, -0.15) is 0 Å². The summed E-state index contributed by atoms with van der Waals surface area (Å²) in [7, 11) is 0. The SMILES string of the molecule is CCCCCCCCCCCCCCCCC(O)CN[O-]. The number of unbranched alkanes of at least 4 members (excludes halogenated alkanes) is 13. The quantitative estimate of drug-likeness (QED) is 0.283. The van der Waals surface area contributed by atoms with Gasteiger partial charge in [-0.15, -0.1) is 0 Å². The van der Waals surface area contributed by atoms with Gasteiger partial charge < -0.3 is 15.8 Å². The van der Waals surface area contributed by atoms with Crippen LogP contribution in [0.3, 0.4) is 0 Å². The van der Waals surface area contributed by atoms with Gasteiger partial charge in [0.05, 0.1) is 6.10 Å². The Labute approximate surface area is 132 Å². The Bertz CT molecular complexity index is 188. The number of hydrogen-bond acceptors (Lipinski definition) is 3. The first kappa shape index (κ1) is 20.9. The van der Waals surface area contributed by atoms with Crippen LogP contribution in [-0.2, 0) is 0 Å². The Kier molecular flexibility index (Phi) is 17.8. The smallest absolute Gasteiger partial charge is 0.0655 e. The molecule has 0 amide bonds. The molecule has 0 aromatic heterocycles. The molecule has 0 aliphatic carbocycles. The minimum Gasteiger partial charge on any atom is -0.788 e. The Morgan fingerprint density at radius 3 is 1.48 bits per heavy atom. The van der Waals surface area contributed by atoms with Crippen LogP contribution in [0.5, 0.6) is 0 Å². The Morgan fingerprint density at radius 1 is 0.714 bits per heavy atom. The fourth-order valence-electron chi connectivity index (χ4n) is 2.77. The first-order valence-electron chi connectivity index (χ1n) is 9.34. The van der Waals surface area contributed by atoms with Crippen molar-refractivity contribution in [2.24, 2.45) is 0 Å². The van der Waals surface area contributed by atoms with E-state index in [0.29, 0.717) is 0 Å². The van der Waals surface area contributed by atoms with Crippen LogP contribution in [0.2, 0.25) is 0 Å². The molecule has 3 heteroatoms. The van der Waals surface area contributed by atoms with Crippen molar-refractivity contribution in [2.45, 2.75) is 109 Å². The van der Waals surface area contributed by atoms with Gasteiger partial charge in [-0.05, 0) is 6.42 Å². The maximum absolute atomic E-state index is 10.1. The highest BCUT2D eigenvalue weighted by molar-refractivity contribution is 4.59. The second-order valence-electron chi connectivity index (χ2n) is 6.39. The van der Waals surface area contributed by atoms with Crippen molar-refractivity contribution in [3.63, 3.8) is 0 Å². The van der Waals surface area contributed by atoms with Gasteiger partial charge in [0.1, 0.15) is 0 Å². The van der Waals surface area contributed by atoms with Crippen LogP contribution in [0, 0.1) is 5.21 Å². The van der Waals surface area contributed by atoms with Gasteiger partial charge in [-0.25, -0.2) is 0 Å². The van der Waals surface area contributed by atoms with Crippen molar-refractivity contribution in [3.05, 3.63) is 5.21 Å². The number of nitrogens with one attached hydrogen (secondary N) is 1. The van der Waals surface area contributed by atoms with E-state index >= 15 is 0 Å². The van der Waals surface area contributed by atoms with E-state index in [9.17, 15) is 10.3 Å². The fourth-order valence-corrected chi connectivity index (χ4v) is 2.77. The molecular weight excluding hydrogens is 262 g/mol. The molecule has 0 rings (SSSR count). The summed E-state index contributed by atoms with van der Waals surface area (Å²) in [6.07, 6.45) is 19.2. The number of hydroxylamine groups is 1. The molecule has 0 bridgehead atoms. The third kappa shape index (κ3) is 17.8. The molecule has 128 valence electrons. The number of hydrogen-bond donors (Lipinski definition) is 2. The number of rotatable bonds is 17. The van der Waals surface area contributed by atoms with Crippen LogP contribution in [0.4, 0.5) is 0 Å². The topological polar surface area (TPSA) is 55.3 Å². The van der Waals surface area contributed by atoms with Gasteiger partial charge in [0.15, 0.2) is 0 Å². The van der Waals surface area contributed by atoms with Crippen molar-refractivity contribution in [1.29, 1.82) is 0 Å². The van der Waals surface area contributed by atoms with Crippen molar-refractivity contribution in [2.75, 3.05) is 6.54 Å². The van der Waals surface area contributed by atoms with Gasteiger partial charge in [0, 0.05) is 6.54 Å². The highest BCUT2D eigenvalue weighted by Crippen LogP contribution is 2.13. The van der Waals surface area contributed by atoms with E-state index in [4.69, 9.17) is 0 Å². The molecule has 2 N–H and O–H groups in total. The lowest BCUT2D eigenvalue weighted by atomic mass is 10.0. The first-order chi connectivity index (χ1) is 10.3. The lowest BCUT2D eigenvalue weighted by molar-refractivity contribution is 0.162. The summed E-state index contributed by atoms with van der Waals surface area (Å²) in [5.74, 6) is 0. The van der Waals surface area contributed by atoms with E-state index in [-0.39, 0.29) is 6.54 Å². The summed E-state index contributed by atoms with van der Waals surface area (Å²) in [6.45, 7) is 2.45.